The minimum atomic E-state index is -0.166. The maximum Gasteiger partial charge on any atom is 0.131 e. The number of hydrogen-bond donors (Lipinski definition) is 0. The molecule has 7 rings (SSSR count). The Labute approximate surface area is 224 Å². The Morgan fingerprint density at radius 1 is 0.447 bits per heavy atom. The van der Waals surface area contributed by atoms with Crippen molar-refractivity contribution in [2.24, 2.45) is 0 Å². The van der Waals surface area contributed by atoms with Crippen LogP contribution >= 0.6 is 0 Å². The van der Waals surface area contributed by atoms with Crippen LogP contribution < -0.4 is 4.74 Å². The van der Waals surface area contributed by atoms with Crippen molar-refractivity contribution in [3.8, 4) is 44.9 Å². The van der Waals surface area contributed by atoms with E-state index < -0.39 is 0 Å². The Morgan fingerprint density at radius 2 is 1.13 bits per heavy atom. The van der Waals surface area contributed by atoms with Crippen LogP contribution in [0.25, 0.3) is 44.2 Å². The first-order chi connectivity index (χ1) is 18.6. The van der Waals surface area contributed by atoms with Gasteiger partial charge in [-0.05, 0) is 68.4 Å². The number of benzene rings is 6. The van der Waals surface area contributed by atoms with Gasteiger partial charge in [-0.2, -0.15) is 0 Å². The lowest BCUT2D eigenvalue weighted by Gasteiger charge is -2.34. The summed E-state index contributed by atoms with van der Waals surface area (Å²) < 4.78 is 6.36. The number of rotatable bonds is 3. The summed E-state index contributed by atoms with van der Waals surface area (Å²) in [5.41, 5.74) is 9.59. The molecule has 1 nitrogen and oxygen atoms in total. The second-order valence-electron chi connectivity index (χ2n) is 10.6. The fourth-order valence-corrected chi connectivity index (χ4v) is 5.91. The molecule has 0 aromatic heterocycles. The Hall–Kier alpha value is -4.62. The van der Waals surface area contributed by atoms with E-state index in [2.05, 4.69) is 141 Å². The average Bonchev–Trinajstić information content (AvgIpc) is 2.97. The summed E-state index contributed by atoms with van der Waals surface area (Å²) in [6, 6.07) is 47.8. The maximum atomic E-state index is 6.36. The van der Waals surface area contributed by atoms with Crippen molar-refractivity contribution >= 4 is 10.8 Å². The van der Waals surface area contributed by atoms with Gasteiger partial charge in [-0.3, -0.25) is 0 Å². The zero-order valence-corrected chi connectivity index (χ0v) is 21.6. The fourth-order valence-electron chi connectivity index (χ4n) is 5.91. The smallest absolute Gasteiger partial charge is 0.131 e. The predicted octanol–water partition coefficient (Wildman–Crippen LogP) is 10.3. The molecule has 38 heavy (non-hydrogen) atoms. The summed E-state index contributed by atoms with van der Waals surface area (Å²) in [5.74, 6) is 1.88. The Bertz CT molecular complexity index is 1810. The molecule has 0 bridgehead atoms. The molecular weight excluding hydrogens is 460 g/mol. The van der Waals surface area contributed by atoms with Gasteiger partial charge in [-0.1, -0.05) is 123 Å². The lowest BCUT2D eigenvalue weighted by Crippen LogP contribution is -2.24. The van der Waals surface area contributed by atoms with E-state index in [9.17, 15) is 0 Å². The normalized spacial score (nSPS) is 13.4. The van der Waals surface area contributed by atoms with E-state index >= 15 is 0 Å². The molecule has 0 unspecified atom stereocenters. The van der Waals surface area contributed by atoms with Crippen molar-refractivity contribution in [2.75, 3.05) is 0 Å². The van der Waals surface area contributed by atoms with Crippen LogP contribution in [0.5, 0.6) is 11.5 Å². The summed E-state index contributed by atoms with van der Waals surface area (Å²) in [6.45, 7) is 4.59. The molecule has 182 valence electrons. The van der Waals surface area contributed by atoms with E-state index in [-0.39, 0.29) is 5.41 Å². The van der Waals surface area contributed by atoms with Gasteiger partial charge in [0.1, 0.15) is 11.5 Å². The van der Waals surface area contributed by atoms with Gasteiger partial charge in [0, 0.05) is 16.5 Å². The summed E-state index contributed by atoms with van der Waals surface area (Å²) in [6.07, 6.45) is 0. The highest BCUT2D eigenvalue weighted by molar-refractivity contribution is 5.98. The van der Waals surface area contributed by atoms with Crippen LogP contribution in [0, 0.1) is 0 Å². The number of hydrogen-bond acceptors (Lipinski definition) is 1. The Balaban J connectivity index is 1.44. The summed E-state index contributed by atoms with van der Waals surface area (Å²) in [4.78, 5) is 0. The lowest BCUT2D eigenvalue weighted by molar-refractivity contribution is 0.418. The van der Waals surface area contributed by atoms with Crippen LogP contribution in [0.2, 0.25) is 0 Å². The third-order valence-electron chi connectivity index (χ3n) is 7.95. The van der Waals surface area contributed by atoms with Gasteiger partial charge in [0.15, 0.2) is 0 Å². The number of ether oxygens (including phenoxy) is 1. The molecule has 0 saturated heterocycles. The third kappa shape index (κ3) is 3.63. The molecule has 1 aliphatic rings. The van der Waals surface area contributed by atoms with Crippen LogP contribution in [-0.4, -0.2) is 0 Å². The van der Waals surface area contributed by atoms with Crippen molar-refractivity contribution in [2.45, 2.75) is 19.3 Å². The van der Waals surface area contributed by atoms with Gasteiger partial charge >= 0.3 is 0 Å². The molecule has 1 heteroatoms. The van der Waals surface area contributed by atoms with Gasteiger partial charge < -0.3 is 4.74 Å². The molecule has 1 heterocycles. The van der Waals surface area contributed by atoms with Gasteiger partial charge in [-0.25, -0.2) is 0 Å². The van der Waals surface area contributed by atoms with Gasteiger partial charge in [0.2, 0.25) is 0 Å². The highest BCUT2D eigenvalue weighted by Gasteiger charge is 2.34. The number of fused-ring (bicyclic) bond motifs is 3. The molecule has 0 saturated carbocycles. The lowest BCUT2D eigenvalue weighted by atomic mass is 9.75. The van der Waals surface area contributed by atoms with E-state index in [1.54, 1.807) is 0 Å². The molecule has 0 spiro atoms. The average molecular weight is 489 g/mol. The molecular formula is C37H28O. The molecule has 0 N–H and O–H groups in total. The van der Waals surface area contributed by atoms with Crippen molar-refractivity contribution in [3.63, 3.8) is 0 Å². The number of para-hydroxylation sites is 1. The van der Waals surface area contributed by atoms with Crippen molar-refractivity contribution in [1.29, 1.82) is 0 Å². The van der Waals surface area contributed by atoms with E-state index in [0.717, 1.165) is 11.5 Å². The van der Waals surface area contributed by atoms with E-state index in [4.69, 9.17) is 4.74 Å². The van der Waals surface area contributed by atoms with Gasteiger partial charge in [0.25, 0.3) is 0 Å². The minimum absolute atomic E-state index is 0.166. The van der Waals surface area contributed by atoms with Crippen molar-refractivity contribution in [1.82, 2.24) is 0 Å². The van der Waals surface area contributed by atoms with E-state index in [0.29, 0.717) is 0 Å². The van der Waals surface area contributed by atoms with Gasteiger partial charge in [-0.15, -0.1) is 0 Å². The molecule has 1 aliphatic heterocycles. The molecule has 0 atom stereocenters. The van der Waals surface area contributed by atoms with Gasteiger partial charge in [0.05, 0.1) is 0 Å². The summed E-state index contributed by atoms with van der Waals surface area (Å²) in [5, 5.41) is 2.52. The largest absolute Gasteiger partial charge is 0.457 e. The van der Waals surface area contributed by atoms with Crippen molar-refractivity contribution < 1.29 is 4.74 Å². The monoisotopic (exact) mass is 488 g/mol. The first-order valence-corrected chi connectivity index (χ1v) is 13.2. The first kappa shape index (κ1) is 22.6. The quantitative estimate of drug-likeness (QED) is 0.241. The van der Waals surface area contributed by atoms with Crippen LogP contribution in [0.4, 0.5) is 0 Å². The Kier molecular flexibility index (Phi) is 5.19. The van der Waals surface area contributed by atoms with Crippen LogP contribution in [0.1, 0.15) is 25.0 Å². The molecule has 6 aromatic rings. The van der Waals surface area contributed by atoms with E-state index in [1.165, 1.54) is 55.3 Å². The highest BCUT2D eigenvalue weighted by Crippen LogP contribution is 2.49. The Morgan fingerprint density at radius 3 is 2.03 bits per heavy atom. The molecule has 0 fully saturated rings. The molecule has 0 aliphatic carbocycles. The summed E-state index contributed by atoms with van der Waals surface area (Å²) >= 11 is 0. The fraction of sp³-hybridized carbons (Fsp3) is 0.0811. The standard InChI is InChI=1S/C37H28O/c1-37(2)33-17-8-9-18-35(33)38-36-22-20-28(24-34(36)37)32-23-27(19-21-31(32)25-11-4-3-5-12-25)30-16-10-14-26-13-6-7-15-29(26)30/h3-24H,1-2H3. The molecule has 0 radical (unpaired) electrons. The first-order valence-electron chi connectivity index (χ1n) is 13.2. The predicted molar refractivity (Wildman–Crippen MR) is 159 cm³/mol. The minimum Gasteiger partial charge on any atom is -0.457 e. The third-order valence-corrected chi connectivity index (χ3v) is 7.95. The van der Waals surface area contributed by atoms with E-state index in [1.807, 2.05) is 6.07 Å². The topological polar surface area (TPSA) is 9.23 Å². The molecule has 6 aromatic carbocycles. The van der Waals surface area contributed by atoms with Crippen LogP contribution in [0.3, 0.4) is 0 Å². The SMILES string of the molecule is CC1(C)c2ccccc2Oc2ccc(-c3cc(-c4cccc5ccccc45)ccc3-c3ccccc3)cc21. The maximum absolute atomic E-state index is 6.36. The summed E-state index contributed by atoms with van der Waals surface area (Å²) in [7, 11) is 0. The zero-order chi connectivity index (χ0) is 25.7. The van der Waals surface area contributed by atoms with Crippen molar-refractivity contribution in [3.05, 3.63) is 145 Å². The van der Waals surface area contributed by atoms with Crippen LogP contribution in [-0.2, 0) is 5.41 Å². The second-order valence-corrected chi connectivity index (χ2v) is 10.6. The highest BCUT2D eigenvalue weighted by atomic mass is 16.5. The zero-order valence-electron chi connectivity index (χ0n) is 21.6. The second kappa shape index (κ2) is 8.75. The molecule has 0 amide bonds. The van der Waals surface area contributed by atoms with Crippen LogP contribution in [0.15, 0.2) is 133 Å².